The normalized spacial score (nSPS) is 22.1. The van der Waals surface area contributed by atoms with Gasteiger partial charge in [0.2, 0.25) is 17.7 Å². The van der Waals surface area contributed by atoms with Crippen LogP contribution in [0.3, 0.4) is 0 Å². The number of carbonyl (C=O) groups excluding carboxylic acids is 1. The van der Waals surface area contributed by atoms with Crippen LogP contribution in [0, 0.1) is 12.8 Å². The van der Waals surface area contributed by atoms with E-state index in [1.807, 2.05) is 11.8 Å². The van der Waals surface area contributed by atoms with Gasteiger partial charge < -0.3 is 9.32 Å². The van der Waals surface area contributed by atoms with E-state index < -0.39 is 0 Å². The molecule has 1 aliphatic carbocycles. The van der Waals surface area contributed by atoms with Crippen LogP contribution in [-0.4, -0.2) is 34.1 Å². The molecule has 19 heavy (non-hydrogen) atoms. The Morgan fingerprint density at radius 3 is 2.42 bits per heavy atom. The molecular weight excluding hydrogens is 242 g/mol. The van der Waals surface area contributed by atoms with Gasteiger partial charge >= 0.3 is 0 Å². The maximum atomic E-state index is 12.3. The molecule has 0 atom stereocenters. The van der Waals surface area contributed by atoms with Crippen LogP contribution in [0.5, 0.6) is 0 Å². The summed E-state index contributed by atoms with van der Waals surface area (Å²) in [4.78, 5) is 14.4. The highest BCUT2D eigenvalue weighted by Gasteiger charge is 2.31. The highest BCUT2D eigenvalue weighted by Crippen LogP contribution is 2.31. The molecule has 0 spiro atoms. The van der Waals surface area contributed by atoms with Crippen LogP contribution in [0.15, 0.2) is 4.42 Å². The van der Waals surface area contributed by atoms with Crippen molar-refractivity contribution in [2.75, 3.05) is 13.1 Å². The Morgan fingerprint density at radius 2 is 1.84 bits per heavy atom. The summed E-state index contributed by atoms with van der Waals surface area (Å²) in [6.07, 6.45) is 6.49. The van der Waals surface area contributed by atoms with Gasteiger partial charge in [0.25, 0.3) is 0 Å². The third-order valence-electron chi connectivity index (χ3n) is 4.40. The first kappa shape index (κ1) is 12.6. The molecule has 0 radical (unpaired) electrons. The summed E-state index contributed by atoms with van der Waals surface area (Å²) in [5, 5.41) is 7.98. The number of aromatic nitrogens is 2. The van der Waals surface area contributed by atoms with E-state index in [4.69, 9.17) is 4.42 Å². The first-order chi connectivity index (χ1) is 9.24. The van der Waals surface area contributed by atoms with Gasteiger partial charge in [-0.25, -0.2) is 0 Å². The van der Waals surface area contributed by atoms with Crippen molar-refractivity contribution in [3.63, 3.8) is 0 Å². The number of rotatable bonds is 2. The Morgan fingerprint density at radius 1 is 1.16 bits per heavy atom. The average Bonchev–Trinajstić information content (AvgIpc) is 3.09. The fraction of sp³-hybridized carbons (Fsp3) is 0.786. The van der Waals surface area contributed by atoms with E-state index in [0.29, 0.717) is 23.6 Å². The average molecular weight is 263 g/mol. The van der Waals surface area contributed by atoms with Crippen molar-refractivity contribution in [1.29, 1.82) is 0 Å². The molecule has 1 aromatic rings. The predicted molar refractivity (Wildman–Crippen MR) is 69.5 cm³/mol. The van der Waals surface area contributed by atoms with Crippen molar-refractivity contribution in [3.8, 4) is 0 Å². The molecule has 2 fully saturated rings. The Balaban J connectivity index is 1.55. The number of carbonyl (C=O) groups is 1. The summed E-state index contributed by atoms with van der Waals surface area (Å²) in [7, 11) is 0. The monoisotopic (exact) mass is 263 g/mol. The van der Waals surface area contributed by atoms with Crippen molar-refractivity contribution < 1.29 is 9.21 Å². The van der Waals surface area contributed by atoms with Crippen molar-refractivity contribution in [2.24, 2.45) is 5.92 Å². The molecule has 1 aliphatic heterocycles. The lowest BCUT2D eigenvalue weighted by molar-refractivity contribution is -0.136. The fourth-order valence-corrected chi connectivity index (χ4v) is 3.25. The molecule has 1 saturated heterocycles. The number of hydrogen-bond donors (Lipinski definition) is 0. The molecule has 0 aromatic carbocycles. The molecule has 1 saturated carbocycles. The van der Waals surface area contributed by atoms with E-state index in [-0.39, 0.29) is 0 Å². The van der Waals surface area contributed by atoms with Crippen LogP contribution in [0.1, 0.15) is 56.2 Å². The number of piperidine rings is 1. The van der Waals surface area contributed by atoms with Crippen LogP contribution in [0.4, 0.5) is 0 Å². The number of aryl methyl sites for hydroxylation is 1. The minimum atomic E-state index is 0.294. The standard InChI is InChI=1S/C14H21N3O2/c1-10-15-16-13(19-10)11-6-8-17(9-7-11)14(18)12-4-2-3-5-12/h11-12H,2-9H2,1H3. The Hall–Kier alpha value is -1.39. The molecule has 104 valence electrons. The maximum absolute atomic E-state index is 12.3. The molecule has 1 aromatic heterocycles. The van der Waals surface area contributed by atoms with Crippen molar-refractivity contribution in [3.05, 3.63) is 11.8 Å². The Bertz CT molecular complexity index is 443. The van der Waals surface area contributed by atoms with Gasteiger partial charge in [-0.15, -0.1) is 10.2 Å². The molecule has 0 unspecified atom stereocenters. The lowest BCUT2D eigenvalue weighted by Gasteiger charge is -2.32. The first-order valence-electron chi connectivity index (χ1n) is 7.33. The molecular formula is C14H21N3O2. The molecule has 5 heteroatoms. The lowest BCUT2D eigenvalue weighted by Crippen LogP contribution is -2.40. The van der Waals surface area contributed by atoms with Gasteiger partial charge in [-0.3, -0.25) is 4.79 Å². The summed E-state index contributed by atoms with van der Waals surface area (Å²) in [6, 6.07) is 0. The summed E-state index contributed by atoms with van der Waals surface area (Å²) < 4.78 is 5.49. The zero-order valence-corrected chi connectivity index (χ0v) is 11.5. The van der Waals surface area contributed by atoms with E-state index in [0.717, 1.165) is 44.7 Å². The second-order valence-electron chi connectivity index (χ2n) is 5.74. The smallest absolute Gasteiger partial charge is 0.225 e. The molecule has 3 rings (SSSR count). The Kier molecular flexibility index (Phi) is 3.53. The number of likely N-dealkylation sites (tertiary alicyclic amines) is 1. The summed E-state index contributed by atoms with van der Waals surface area (Å²) in [6.45, 7) is 3.48. The fourth-order valence-electron chi connectivity index (χ4n) is 3.25. The Labute approximate surface area is 113 Å². The van der Waals surface area contributed by atoms with E-state index in [2.05, 4.69) is 10.2 Å². The predicted octanol–water partition coefficient (Wildman–Crippen LogP) is 2.27. The van der Waals surface area contributed by atoms with Crippen LogP contribution >= 0.6 is 0 Å². The zero-order valence-electron chi connectivity index (χ0n) is 11.5. The molecule has 0 N–H and O–H groups in total. The van der Waals surface area contributed by atoms with Gasteiger partial charge in [-0.1, -0.05) is 12.8 Å². The van der Waals surface area contributed by atoms with Crippen LogP contribution in [-0.2, 0) is 4.79 Å². The van der Waals surface area contributed by atoms with Gasteiger partial charge in [-0.05, 0) is 25.7 Å². The third kappa shape index (κ3) is 2.65. The molecule has 2 aliphatic rings. The lowest BCUT2D eigenvalue weighted by atomic mass is 9.95. The minimum absolute atomic E-state index is 0.294. The van der Waals surface area contributed by atoms with Crippen molar-refractivity contribution in [1.82, 2.24) is 15.1 Å². The molecule has 0 bridgehead atoms. The van der Waals surface area contributed by atoms with E-state index in [1.54, 1.807) is 0 Å². The summed E-state index contributed by atoms with van der Waals surface area (Å²) in [5.41, 5.74) is 0. The summed E-state index contributed by atoms with van der Waals surface area (Å²) >= 11 is 0. The minimum Gasteiger partial charge on any atom is -0.425 e. The first-order valence-corrected chi connectivity index (χ1v) is 7.33. The molecule has 2 heterocycles. The highest BCUT2D eigenvalue weighted by molar-refractivity contribution is 5.79. The van der Waals surface area contributed by atoms with Gasteiger partial charge in [0.05, 0.1) is 0 Å². The van der Waals surface area contributed by atoms with Gasteiger partial charge in [0.1, 0.15) is 0 Å². The number of amides is 1. The second-order valence-corrected chi connectivity index (χ2v) is 5.74. The number of nitrogens with zero attached hydrogens (tertiary/aromatic N) is 3. The van der Waals surface area contributed by atoms with Gasteiger partial charge in [-0.2, -0.15) is 0 Å². The highest BCUT2D eigenvalue weighted by atomic mass is 16.4. The summed E-state index contributed by atoms with van der Waals surface area (Å²) in [5.74, 6) is 2.36. The maximum Gasteiger partial charge on any atom is 0.225 e. The molecule has 5 nitrogen and oxygen atoms in total. The van der Waals surface area contributed by atoms with Crippen LogP contribution in [0.25, 0.3) is 0 Å². The van der Waals surface area contributed by atoms with E-state index in [9.17, 15) is 4.79 Å². The number of hydrogen-bond acceptors (Lipinski definition) is 4. The zero-order chi connectivity index (χ0) is 13.2. The van der Waals surface area contributed by atoms with Gasteiger partial charge in [0.15, 0.2) is 0 Å². The van der Waals surface area contributed by atoms with Crippen molar-refractivity contribution >= 4 is 5.91 Å². The van der Waals surface area contributed by atoms with Crippen molar-refractivity contribution in [2.45, 2.75) is 51.4 Å². The van der Waals surface area contributed by atoms with Crippen LogP contribution < -0.4 is 0 Å². The van der Waals surface area contributed by atoms with Crippen LogP contribution in [0.2, 0.25) is 0 Å². The topological polar surface area (TPSA) is 59.2 Å². The molecule has 1 amide bonds. The van der Waals surface area contributed by atoms with E-state index in [1.165, 1.54) is 12.8 Å². The van der Waals surface area contributed by atoms with Gasteiger partial charge in [0, 0.05) is 31.8 Å². The third-order valence-corrected chi connectivity index (χ3v) is 4.40. The quantitative estimate of drug-likeness (QED) is 0.821. The van der Waals surface area contributed by atoms with E-state index >= 15 is 0 Å². The SMILES string of the molecule is Cc1nnc(C2CCN(C(=O)C3CCCC3)CC2)o1. The largest absolute Gasteiger partial charge is 0.425 e. The second kappa shape index (κ2) is 5.31.